The molecule has 2 amide bonds. The molecule has 0 radical (unpaired) electrons. The van der Waals surface area contributed by atoms with E-state index in [9.17, 15) is 9.59 Å². The highest BCUT2D eigenvalue weighted by molar-refractivity contribution is 6.35. The van der Waals surface area contributed by atoms with Crippen molar-refractivity contribution in [3.05, 3.63) is 42.6 Å². The Bertz CT molecular complexity index is 624. The molecule has 2 heterocycles. The standard InChI is InChI=1S/C18H24N4O3/c23-17(18(24)21-14-7-3-1-2-4-8-14)19-13-15(16-9-5-12-25-16)22-11-6-10-20-22/h5-6,9-12,14-15H,1-4,7-8,13H2,(H,19,23)(H,21,24). The van der Waals surface area contributed by atoms with Crippen LogP contribution in [0.1, 0.15) is 50.3 Å². The molecule has 0 aromatic carbocycles. The molecule has 1 aliphatic carbocycles. The SMILES string of the molecule is O=C(NCC(c1ccco1)n1cccn1)C(=O)NC1CCCCCC1. The first kappa shape index (κ1) is 17.3. The van der Waals surface area contributed by atoms with Crippen molar-refractivity contribution < 1.29 is 14.0 Å². The molecule has 0 spiro atoms. The molecule has 1 aliphatic rings. The summed E-state index contributed by atoms with van der Waals surface area (Å²) >= 11 is 0. The highest BCUT2D eigenvalue weighted by atomic mass is 16.3. The van der Waals surface area contributed by atoms with Gasteiger partial charge in [-0.3, -0.25) is 14.3 Å². The van der Waals surface area contributed by atoms with Crippen molar-refractivity contribution in [2.75, 3.05) is 6.54 Å². The maximum atomic E-state index is 12.2. The lowest BCUT2D eigenvalue weighted by Gasteiger charge is -2.18. The van der Waals surface area contributed by atoms with Crippen LogP contribution in [0.15, 0.2) is 41.3 Å². The molecule has 1 unspecified atom stereocenters. The van der Waals surface area contributed by atoms with Gasteiger partial charge in [-0.25, -0.2) is 0 Å². The smallest absolute Gasteiger partial charge is 0.309 e. The molecule has 2 aromatic rings. The van der Waals surface area contributed by atoms with E-state index < -0.39 is 11.8 Å². The molecule has 1 saturated carbocycles. The number of nitrogens with zero attached hydrogens (tertiary/aromatic N) is 2. The van der Waals surface area contributed by atoms with Crippen LogP contribution in [-0.4, -0.2) is 34.2 Å². The van der Waals surface area contributed by atoms with Crippen molar-refractivity contribution in [2.24, 2.45) is 0 Å². The van der Waals surface area contributed by atoms with Crippen LogP contribution >= 0.6 is 0 Å². The van der Waals surface area contributed by atoms with Crippen LogP contribution in [-0.2, 0) is 9.59 Å². The third kappa shape index (κ3) is 4.71. The Morgan fingerprint density at radius 2 is 2.00 bits per heavy atom. The normalized spacial score (nSPS) is 16.8. The second kappa shape index (κ2) is 8.50. The largest absolute Gasteiger partial charge is 0.467 e. The zero-order chi connectivity index (χ0) is 17.5. The minimum absolute atomic E-state index is 0.104. The van der Waals surface area contributed by atoms with Crippen molar-refractivity contribution in [1.82, 2.24) is 20.4 Å². The number of nitrogens with one attached hydrogen (secondary N) is 2. The van der Waals surface area contributed by atoms with Gasteiger partial charge in [0.25, 0.3) is 0 Å². The van der Waals surface area contributed by atoms with Crippen molar-refractivity contribution in [3.63, 3.8) is 0 Å². The summed E-state index contributed by atoms with van der Waals surface area (Å²) in [6.07, 6.45) is 11.5. The van der Waals surface area contributed by atoms with Gasteiger partial charge in [0, 0.05) is 25.0 Å². The Labute approximate surface area is 146 Å². The van der Waals surface area contributed by atoms with E-state index in [4.69, 9.17) is 4.42 Å². The van der Waals surface area contributed by atoms with Crippen LogP contribution in [0.25, 0.3) is 0 Å². The number of hydrogen-bond acceptors (Lipinski definition) is 4. The summed E-state index contributed by atoms with van der Waals surface area (Å²) in [5.41, 5.74) is 0. The second-order valence-electron chi connectivity index (χ2n) is 6.39. The Morgan fingerprint density at radius 3 is 2.64 bits per heavy atom. The number of rotatable bonds is 5. The molecule has 25 heavy (non-hydrogen) atoms. The monoisotopic (exact) mass is 344 g/mol. The summed E-state index contributed by atoms with van der Waals surface area (Å²) < 4.78 is 7.13. The number of carbonyl (C=O) groups excluding carboxylic acids is 2. The zero-order valence-electron chi connectivity index (χ0n) is 14.2. The lowest BCUT2D eigenvalue weighted by molar-refractivity contribution is -0.139. The minimum atomic E-state index is -0.618. The quantitative estimate of drug-likeness (QED) is 0.641. The summed E-state index contributed by atoms with van der Waals surface area (Å²) in [6.45, 7) is 0.228. The lowest BCUT2D eigenvalue weighted by atomic mass is 10.1. The van der Waals surface area contributed by atoms with Gasteiger partial charge in [0.05, 0.1) is 6.26 Å². The molecule has 2 N–H and O–H groups in total. The molecule has 0 bridgehead atoms. The van der Waals surface area contributed by atoms with Crippen LogP contribution in [0.2, 0.25) is 0 Å². The summed E-state index contributed by atoms with van der Waals surface area (Å²) in [7, 11) is 0. The second-order valence-corrected chi connectivity index (χ2v) is 6.39. The molecule has 2 aromatic heterocycles. The summed E-state index contributed by atoms with van der Waals surface area (Å²) in [5.74, 6) is -0.508. The van der Waals surface area contributed by atoms with Crippen molar-refractivity contribution >= 4 is 11.8 Å². The van der Waals surface area contributed by atoms with Gasteiger partial charge in [-0.2, -0.15) is 5.10 Å². The summed E-state index contributed by atoms with van der Waals surface area (Å²) in [6, 6.07) is 5.22. The van der Waals surface area contributed by atoms with Gasteiger partial charge in [-0.15, -0.1) is 0 Å². The first-order valence-corrected chi connectivity index (χ1v) is 8.85. The van der Waals surface area contributed by atoms with Crippen LogP contribution in [0.3, 0.4) is 0 Å². The number of carbonyl (C=O) groups is 2. The van der Waals surface area contributed by atoms with Gasteiger partial charge in [-0.1, -0.05) is 25.7 Å². The average Bonchev–Trinajstić information content (AvgIpc) is 3.27. The van der Waals surface area contributed by atoms with Crippen molar-refractivity contribution in [3.8, 4) is 0 Å². The van der Waals surface area contributed by atoms with E-state index in [1.807, 2.05) is 6.07 Å². The molecule has 7 nitrogen and oxygen atoms in total. The first-order valence-electron chi connectivity index (χ1n) is 8.85. The van der Waals surface area contributed by atoms with E-state index in [1.165, 1.54) is 12.8 Å². The fourth-order valence-electron chi connectivity index (χ4n) is 3.21. The van der Waals surface area contributed by atoms with Crippen LogP contribution < -0.4 is 10.6 Å². The van der Waals surface area contributed by atoms with Gasteiger partial charge in [-0.05, 0) is 31.0 Å². The van der Waals surface area contributed by atoms with E-state index in [0.29, 0.717) is 5.76 Å². The van der Waals surface area contributed by atoms with Crippen LogP contribution in [0.4, 0.5) is 0 Å². The van der Waals surface area contributed by atoms with Gasteiger partial charge in [0.15, 0.2) is 0 Å². The molecule has 1 fully saturated rings. The predicted octanol–water partition coefficient (Wildman–Crippen LogP) is 2.02. The Morgan fingerprint density at radius 1 is 1.20 bits per heavy atom. The van der Waals surface area contributed by atoms with Crippen molar-refractivity contribution in [1.29, 1.82) is 0 Å². The zero-order valence-corrected chi connectivity index (χ0v) is 14.2. The maximum Gasteiger partial charge on any atom is 0.309 e. The topological polar surface area (TPSA) is 89.2 Å². The van der Waals surface area contributed by atoms with E-state index in [2.05, 4.69) is 15.7 Å². The molecule has 7 heteroatoms. The van der Waals surface area contributed by atoms with E-state index in [0.717, 1.165) is 25.7 Å². The molecule has 134 valence electrons. The van der Waals surface area contributed by atoms with Crippen molar-refractivity contribution in [2.45, 2.75) is 50.6 Å². The third-order valence-corrected chi connectivity index (χ3v) is 4.57. The van der Waals surface area contributed by atoms with Gasteiger partial charge >= 0.3 is 11.8 Å². The van der Waals surface area contributed by atoms with E-state index in [-0.39, 0.29) is 18.6 Å². The predicted molar refractivity (Wildman–Crippen MR) is 91.7 cm³/mol. The summed E-state index contributed by atoms with van der Waals surface area (Å²) in [4.78, 5) is 24.3. The minimum Gasteiger partial charge on any atom is -0.467 e. The first-order chi connectivity index (χ1) is 12.2. The fraction of sp³-hybridized carbons (Fsp3) is 0.500. The summed E-state index contributed by atoms with van der Waals surface area (Å²) in [5, 5.41) is 9.75. The Hall–Kier alpha value is -2.57. The maximum absolute atomic E-state index is 12.2. The fourth-order valence-corrected chi connectivity index (χ4v) is 3.21. The lowest BCUT2D eigenvalue weighted by Crippen LogP contribution is -2.45. The number of aromatic nitrogens is 2. The van der Waals surface area contributed by atoms with E-state index in [1.54, 1.807) is 35.5 Å². The number of amides is 2. The Balaban J connectivity index is 1.55. The average molecular weight is 344 g/mol. The molecular formula is C18H24N4O3. The van der Waals surface area contributed by atoms with Gasteiger partial charge in [0.1, 0.15) is 11.8 Å². The van der Waals surface area contributed by atoms with E-state index >= 15 is 0 Å². The number of furan rings is 1. The Kier molecular flexibility index (Phi) is 5.87. The van der Waals surface area contributed by atoms with Gasteiger partial charge in [0.2, 0.25) is 0 Å². The highest BCUT2D eigenvalue weighted by Gasteiger charge is 2.22. The van der Waals surface area contributed by atoms with Crippen LogP contribution in [0, 0.1) is 0 Å². The third-order valence-electron chi connectivity index (χ3n) is 4.57. The van der Waals surface area contributed by atoms with Gasteiger partial charge < -0.3 is 15.1 Å². The molecule has 1 atom stereocenters. The van der Waals surface area contributed by atoms with Crippen LogP contribution in [0.5, 0.6) is 0 Å². The molecule has 0 saturated heterocycles. The molecular weight excluding hydrogens is 320 g/mol. The molecule has 3 rings (SSSR count). The molecule has 0 aliphatic heterocycles. The highest BCUT2D eigenvalue weighted by Crippen LogP contribution is 2.18. The number of hydrogen-bond donors (Lipinski definition) is 2.